The number of aromatic nitrogens is 4. The van der Waals surface area contributed by atoms with Crippen LogP contribution in [0.1, 0.15) is 40.8 Å². The lowest BCUT2D eigenvalue weighted by atomic mass is 9.96. The predicted molar refractivity (Wildman–Crippen MR) is 149 cm³/mol. The van der Waals surface area contributed by atoms with Crippen molar-refractivity contribution in [2.45, 2.75) is 64.7 Å². The van der Waals surface area contributed by atoms with Gasteiger partial charge in [-0.25, -0.2) is 9.78 Å². The molecule has 2 unspecified atom stereocenters. The minimum atomic E-state index is -2.65. The summed E-state index contributed by atoms with van der Waals surface area (Å²) < 4.78 is 33.1. The molecule has 0 spiro atoms. The van der Waals surface area contributed by atoms with Crippen molar-refractivity contribution in [3.63, 3.8) is 0 Å². The molecule has 0 radical (unpaired) electrons. The summed E-state index contributed by atoms with van der Waals surface area (Å²) in [6.45, 7) is 8.60. The number of nitrogens with zero attached hydrogens (tertiary/aromatic N) is 5. The molecule has 0 aliphatic carbocycles. The average Bonchev–Trinajstić information content (AvgIpc) is 3.43. The molecular weight excluding hydrogens is 571 g/mol. The predicted octanol–water partition coefficient (Wildman–Crippen LogP) is 1.72. The van der Waals surface area contributed by atoms with E-state index in [1.807, 2.05) is 20.8 Å². The van der Waals surface area contributed by atoms with Gasteiger partial charge >= 0.3 is 14.1 Å². The van der Waals surface area contributed by atoms with Gasteiger partial charge in [0.15, 0.2) is 29.2 Å². The van der Waals surface area contributed by atoms with E-state index < -0.39 is 44.2 Å². The highest BCUT2D eigenvalue weighted by Crippen LogP contribution is 2.41. The zero-order valence-electron chi connectivity index (χ0n) is 24.1. The van der Waals surface area contributed by atoms with Crippen LogP contribution >= 0.6 is 8.17 Å². The minimum Gasteiger partial charge on any atom is -0.575 e. The standard InChI is InChI=1S/C26H35N6O9P/c1-14(22(34)39-12-25(2,3)4)31-42(36)41-16-10-8-7-9-15(16)38-11-17-19(33)26(5,35)23(40-17)32-13-28-18-20(32)29-24(27)30-21(18)37-6/h7-10,13-14,17,19,23,33,35H,11-12H2,1-6H3,(H2,27,29,30)/t14-,17+,19+,23?,26+/m0/s1. The van der Waals surface area contributed by atoms with E-state index >= 15 is 0 Å². The largest absolute Gasteiger partial charge is 0.575 e. The van der Waals surface area contributed by atoms with Crippen LogP contribution in [0.5, 0.6) is 17.4 Å². The number of carbonyl (C=O) groups excluding carboxylic acids is 1. The Balaban J connectivity index is 1.45. The smallest absolute Gasteiger partial charge is 0.395 e. The number of nitrogens with two attached hydrogens (primary N) is 1. The van der Waals surface area contributed by atoms with E-state index in [1.165, 1.54) is 37.9 Å². The number of nitrogen functional groups attached to an aromatic ring is 1. The summed E-state index contributed by atoms with van der Waals surface area (Å²) in [6, 6.07) is 5.37. The first kappa shape index (κ1) is 31.3. The van der Waals surface area contributed by atoms with E-state index in [4.69, 9.17) is 29.2 Å². The Morgan fingerprint density at radius 2 is 2.00 bits per heavy atom. The summed E-state index contributed by atoms with van der Waals surface area (Å²) in [5.74, 6) is -0.276. The van der Waals surface area contributed by atoms with Crippen LogP contribution in [0.15, 0.2) is 35.3 Å². The molecule has 1 aromatic carbocycles. The molecule has 1 fully saturated rings. The Bertz CT molecular complexity index is 1460. The van der Waals surface area contributed by atoms with Crippen molar-refractivity contribution in [2.24, 2.45) is 10.2 Å². The zero-order chi connectivity index (χ0) is 30.8. The number of ether oxygens (including phenoxy) is 4. The third kappa shape index (κ3) is 6.88. The zero-order valence-corrected chi connectivity index (χ0v) is 25.0. The average molecular weight is 607 g/mol. The van der Waals surface area contributed by atoms with Gasteiger partial charge in [-0.2, -0.15) is 9.97 Å². The van der Waals surface area contributed by atoms with Crippen LogP contribution in [0.2, 0.25) is 0 Å². The summed E-state index contributed by atoms with van der Waals surface area (Å²) in [7, 11) is -1.24. The highest BCUT2D eigenvalue weighted by Gasteiger charge is 2.54. The molecule has 6 atom stereocenters. The van der Waals surface area contributed by atoms with Crippen LogP contribution in [-0.4, -0.2) is 79.9 Å². The molecule has 1 saturated heterocycles. The maximum atomic E-state index is 12.6. The number of imidazole rings is 1. The molecule has 0 bridgehead atoms. The van der Waals surface area contributed by atoms with Crippen molar-refractivity contribution >= 4 is 31.2 Å². The highest BCUT2D eigenvalue weighted by atomic mass is 31.1. The van der Waals surface area contributed by atoms with E-state index in [2.05, 4.69) is 19.7 Å². The maximum Gasteiger partial charge on any atom is 0.395 e. The molecule has 228 valence electrons. The first-order valence-corrected chi connectivity index (χ1v) is 14.2. The van der Waals surface area contributed by atoms with Gasteiger partial charge in [0.05, 0.1) is 20.0 Å². The van der Waals surface area contributed by atoms with Gasteiger partial charge < -0.3 is 39.8 Å². The second kappa shape index (κ2) is 12.3. The number of carbonyl (C=O) groups is 1. The van der Waals surface area contributed by atoms with Crippen LogP contribution in [-0.2, 0) is 14.3 Å². The lowest BCUT2D eigenvalue weighted by Crippen LogP contribution is -2.44. The van der Waals surface area contributed by atoms with E-state index in [0.29, 0.717) is 5.52 Å². The van der Waals surface area contributed by atoms with Crippen molar-refractivity contribution in [1.29, 1.82) is 0 Å². The Morgan fingerprint density at radius 1 is 1.31 bits per heavy atom. The number of hydrogen-bond donors (Lipinski definition) is 3. The Kier molecular flexibility index (Phi) is 9.18. The molecular formula is C26H35N6O9P. The molecule has 15 nitrogen and oxygen atoms in total. The van der Waals surface area contributed by atoms with Gasteiger partial charge in [0.1, 0.15) is 24.4 Å². The van der Waals surface area contributed by atoms with Gasteiger partial charge in [0.25, 0.3) is 0 Å². The van der Waals surface area contributed by atoms with Gasteiger partial charge in [-0.05, 0) is 31.4 Å². The van der Waals surface area contributed by atoms with Gasteiger partial charge in [0, 0.05) is 0 Å². The molecule has 4 N–H and O–H groups in total. The number of benzene rings is 1. The lowest BCUT2D eigenvalue weighted by molar-refractivity contribution is -0.170. The first-order valence-electron chi connectivity index (χ1n) is 13.1. The van der Waals surface area contributed by atoms with Crippen LogP contribution in [0.25, 0.3) is 11.2 Å². The quantitative estimate of drug-likeness (QED) is 0.222. The van der Waals surface area contributed by atoms with E-state index in [0.717, 1.165) is 0 Å². The van der Waals surface area contributed by atoms with Gasteiger partial charge in [-0.15, -0.1) is 0 Å². The van der Waals surface area contributed by atoms with Gasteiger partial charge in [0.2, 0.25) is 17.6 Å². The van der Waals surface area contributed by atoms with Crippen LogP contribution < -0.4 is 24.6 Å². The SMILES string of the molecule is COc1nc(N)nc2c1ncn2C1O[C@H](COc2ccccc2O[P+]([O-])=N[C@@H](C)C(=O)OCC(C)(C)C)[C@@H](O)[C@@]1(C)O. The molecule has 2 aromatic heterocycles. The number of fused-ring (bicyclic) bond motifs is 1. The van der Waals surface area contributed by atoms with Crippen LogP contribution in [0.3, 0.4) is 0 Å². The maximum absolute atomic E-state index is 12.6. The number of hydrogen-bond acceptors (Lipinski definition) is 14. The molecule has 4 rings (SSSR count). The molecule has 42 heavy (non-hydrogen) atoms. The van der Waals surface area contributed by atoms with Crippen LogP contribution in [0.4, 0.5) is 5.95 Å². The third-order valence-corrected chi connectivity index (χ3v) is 7.18. The fraction of sp³-hybridized carbons (Fsp3) is 0.538. The number of methoxy groups -OCH3 is 1. The van der Waals surface area contributed by atoms with Crippen molar-refractivity contribution in [2.75, 3.05) is 26.1 Å². The Hall–Kier alpha value is -3.62. The number of esters is 1. The van der Waals surface area contributed by atoms with Crippen molar-refractivity contribution < 1.29 is 43.4 Å². The van der Waals surface area contributed by atoms with Crippen molar-refractivity contribution in [3.8, 4) is 17.4 Å². The summed E-state index contributed by atoms with van der Waals surface area (Å²) >= 11 is 0. The first-order chi connectivity index (χ1) is 19.7. The summed E-state index contributed by atoms with van der Waals surface area (Å²) in [5.41, 5.74) is 4.32. The second-order valence-electron chi connectivity index (χ2n) is 11.2. The summed E-state index contributed by atoms with van der Waals surface area (Å²) in [4.78, 5) is 37.2. The molecule has 1 aliphatic heterocycles. The molecule has 1 aliphatic rings. The summed E-state index contributed by atoms with van der Waals surface area (Å²) in [5, 5.41) is 22.1. The van der Waals surface area contributed by atoms with Crippen LogP contribution in [0, 0.1) is 5.41 Å². The fourth-order valence-corrected chi connectivity index (χ4v) is 4.86. The van der Waals surface area contributed by atoms with Gasteiger partial charge in [-0.3, -0.25) is 9.09 Å². The van der Waals surface area contributed by atoms with E-state index in [9.17, 15) is 19.9 Å². The molecule has 0 saturated carbocycles. The topological polar surface area (TPSA) is 209 Å². The Labute approximate surface area is 243 Å². The normalized spacial score (nSPS) is 23.5. The lowest BCUT2D eigenvalue weighted by Gasteiger charge is -2.27. The number of rotatable bonds is 10. The number of para-hydroxylation sites is 2. The highest BCUT2D eigenvalue weighted by molar-refractivity contribution is 7.34. The third-order valence-electron chi connectivity index (χ3n) is 6.29. The monoisotopic (exact) mass is 606 g/mol. The second-order valence-corrected chi connectivity index (χ2v) is 12.0. The van der Waals surface area contributed by atoms with E-state index in [-0.39, 0.29) is 47.6 Å². The molecule has 3 heterocycles. The molecule has 3 aromatic rings. The van der Waals surface area contributed by atoms with Crippen molar-refractivity contribution in [1.82, 2.24) is 19.5 Å². The van der Waals surface area contributed by atoms with Gasteiger partial charge in [-0.1, -0.05) is 37.6 Å². The van der Waals surface area contributed by atoms with E-state index in [1.54, 1.807) is 18.2 Å². The minimum absolute atomic E-state index is 0.0722. The fourth-order valence-electron chi connectivity index (χ4n) is 4.12. The van der Waals surface area contributed by atoms with Crippen molar-refractivity contribution in [3.05, 3.63) is 30.6 Å². The summed E-state index contributed by atoms with van der Waals surface area (Å²) in [6.07, 6.45) is -2.14. The molecule has 16 heteroatoms. The Morgan fingerprint density at radius 3 is 2.67 bits per heavy atom. The number of aliphatic hydroxyl groups excluding tert-OH is 1. The number of aliphatic hydroxyl groups is 2. The number of anilines is 1. The molecule has 0 amide bonds.